The first-order chi connectivity index (χ1) is 36.1. The van der Waals surface area contributed by atoms with Crippen LogP contribution in [0.5, 0.6) is 0 Å². The van der Waals surface area contributed by atoms with Gasteiger partial charge in [0.1, 0.15) is 13.7 Å². The van der Waals surface area contributed by atoms with E-state index in [1.165, 1.54) is 44.1 Å². The van der Waals surface area contributed by atoms with E-state index in [1.807, 2.05) is 6.07 Å². The van der Waals surface area contributed by atoms with Crippen molar-refractivity contribution in [2.24, 2.45) is 11.8 Å². The van der Waals surface area contributed by atoms with Gasteiger partial charge >= 0.3 is 0 Å². The number of nitrogens with zero attached hydrogens (tertiary/aromatic N) is 1. The molecule has 4 aliphatic rings. The normalized spacial score (nSPS) is 15.2. The molecule has 0 N–H and O–H groups in total. The number of hydrogen-bond donors (Lipinski definition) is 0. The Morgan fingerprint density at radius 1 is 0.459 bits per heavy atom. The van der Waals surface area contributed by atoms with Crippen molar-refractivity contribution in [3.8, 4) is 262 Å². The monoisotopic (exact) mass is 947 g/mol. The number of terminal acetylenes is 2. The summed E-state index contributed by atoms with van der Waals surface area (Å²) in [6.45, 7) is 12.5. The zero-order chi connectivity index (χ0) is 52.6. The number of rotatable bonds is 3. The maximum Gasteiger partial charge on any atom is 0.144 e. The van der Waals surface area contributed by atoms with Gasteiger partial charge < -0.3 is 4.57 Å². The number of allylic oxidation sites excluding steroid dienone is 4. The highest BCUT2D eigenvalue weighted by atomic mass is 28.3. The van der Waals surface area contributed by atoms with Crippen LogP contribution in [0.2, 0.25) is 18.6 Å². The van der Waals surface area contributed by atoms with E-state index in [2.05, 4.69) is 317 Å². The minimum absolute atomic E-state index is 0.0687. The van der Waals surface area contributed by atoms with Gasteiger partial charge in [-0.1, -0.05) is 87.0 Å². The van der Waals surface area contributed by atoms with Crippen molar-refractivity contribution in [3.05, 3.63) is 53.1 Å². The van der Waals surface area contributed by atoms with Crippen molar-refractivity contribution < 1.29 is 0 Å². The average molecular weight is 948 g/mol. The zero-order valence-electron chi connectivity index (χ0n) is 41.8. The van der Waals surface area contributed by atoms with Gasteiger partial charge in [0, 0.05) is 58.9 Å². The molecule has 1 nitrogen and oxygen atoms in total. The molecule has 0 heterocycles. The SMILES string of the molecule is C#CC#CC#CC#CC#CC#CC#CC#CC#CC#CC#CC1(C#CC#CC#CC#CC#CC#CC#CC#CC#CC#CC#C)C2=CC3C(C=C2c2ccccc21)CCC3[Si](C)(C)N(C1CCCCC1)C(C)(C)C. The van der Waals surface area contributed by atoms with Gasteiger partial charge in [0.05, 0.1) is 0 Å². The molecule has 338 valence electrons. The lowest BCUT2D eigenvalue weighted by Gasteiger charge is -2.55. The molecule has 1 aromatic rings. The molecule has 0 amide bonds. The Labute approximate surface area is 443 Å². The van der Waals surface area contributed by atoms with Crippen molar-refractivity contribution >= 4 is 13.8 Å². The molecule has 2 fully saturated rings. The molecule has 4 aliphatic carbocycles. The number of benzene rings is 1. The minimum atomic E-state index is -2.02. The van der Waals surface area contributed by atoms with Crippen LogP contribution in [0.3, 0.4) is 0 Å². The summed E-state index contributed by atoms with van der Waals surface area (Å²) in [5, 5.41) is 0. The fourth-order valence-electron chi connectivity index (χ4n) is 9.74. The maximum absolute atomic E-state index is 5.02. The summed E-state index contributed by atoms with van der Waals surface area (Å²) < 4.78 is 3.01. The van der Waals surface area contributed by atoms with Crippen LogP contribution in [0, 0.1) is 273 Å². The van der Waals surface area contributed by atoms with Gasteiger partial charge in [-0.2, -0.15) is 0 Å². The second kappa shape index (κ2) is 29.3. The van der Waals surface area contributed by atoms with Crippen LogP contribution in [0.1, 0.15) is 76.8 Å². The smallest absolute Gasteiger partial charge is 0.144 e. The lowest BCUT2D eigenvalue weighted by molar-refractivity contribution is 0.140. The minimum Gasteiger partial charge on any atom is -0.316 e. The highest BCUT2D eigenvalue weighted by Crippen LogP contribution is 2.59. The lowest BCUT2D eigenvalue weighted by Crippen LogP contribution is -2.64. The summed E-state index contributed by atoms with van der Waals surface area (Å²) in [5.74, 6) is 112. The van der Waals surface area contributed by atoms with Crippen LogP contribution in [0.15, 0.2) is 42.0 Å². The third-order valence-corrected chi connectivity index (χ3v) is 16.7. The van der Waals surface area contributed by atoms with Gasteiger partial charge in [0.25, 0.3) is 0 Å². The lowest BCUT2D eigenvalue weighted by atomic mass is 9.74. The Bertz CT molecular complexity index is 3820. The molecule has 2 heteroatoms. The Balaban J connectivity index is 1.45. The molecular formula is C72H41NSi. The molecule has 0 aliphatic heterocycles. The Morgan fingerprint density at radius 3 is 1.20 bits per heavy atom. The molecule has 0 radical (unpaired) electrons. The van der Waals surface area contributed by atoms with Crippen molar-refractivity contribution in [1.29, 1.82) is 0 Å². The molecular weight excluding hydrogens is 907 g/mol. The van der Waals surface area contributed by atoms with Crippen molar-refractivity contribution in [2.45, 2.75) is 101 Å². The molecule has 0 spiro atoms. The topological polar surface area (TPSA) is 3.24 Å². The van der Waals surface area contributed by atoms with Crippen LogP contribution in [0.25, 0.3) is 5.57 Å². The molecule has 74 heavy (non-hydrogen) atoms. The second-order valence-corrected chi connectivity index (χ2v) is 22.2. The first kappa shape index (κ1) is 54.1. The Morgan fingerprint density at radius 2 is 0.824 bits per heavy atom. The predicted molar refractivity (Wildman–Crippen MR) is 303 cm³/mol. The van der Waals surface area contributed by atoms with Crippen LogP contribution < -0.4 is 0 Å². The fraction of sp³-hybridized carbons (Fsp3) is 0.250. The largest absolute Gasteiger partial charge is 0.316 e. The van der Waals surface area contributed by atoms with E-state index in [1.54, 1.807) is 0 Å². The third kappa shape index (κ3) is 16.1. The van der Waals surface area contributed by atoms with Gasteiger partial charge in [0.2, 0.25) is 0 Å². The van der Waals surface area contributed by atoms with Crippen molar-refractivity contribution in [2.75, 3.05) is 0 Å². The maximum atomic E-state index is 5.02. The first-order valence-corrected chi connectivity index (χ1v) is 26.5. The third-order valence-electron chi connectivity index (χ3n) is 11.9. The predicted octanol–water partition coefficient (Wildman–Crippen LogP) is 7.63. The van der Waals surface area contributed by atoms with Gasteiger partial charge in [-0.3, -0.25) is 0 Å². The van der Waals surface area contributed by atoms with E-state index in [0.29, 0.717) is 23.4 Å². The van der Waals surface area contributed by atoms with Gasteiger partial charge in [-0.05, 0) is 269 Å². The van der Waals surface area contributed by atoms with E-state index < -0.39 is 13.7 Å². The Kier molecular flexibility index (Phi) is 21.4. The second-order valence-electron chi connectivity index (χ2n) is 17.7. The summed E-state index contributed by atoms with van der Waals surface area (Å²) in [7, 11) is -2.02. The highest BCUT2D eigenvalue weighted by molar-refractivity contribution is 6.76. The van der Waals surface area contributed by atoms with Gasteiger partial charge in [0.15, 0.2) is 0 Å². The molecule has 5 rings (SSSR count). The van der Waals surface area contributed by atoms with E-state index in [0.717, 1.165) is 23.1 Å². The van der Waals surface area contributed by atoms with Crippen LogP contribution in [0.4, 0.5) is 0 Å². The summed E-state index contributed by atoms with van der Waals surface area (Å²) in [6.07, 6.45) is 24.0. The summed E-state index contributed by atoms with van der Waals surface area (Å²) in [6, 6.07) is 9.03. The summed E-state index contributed by atoms with van der Waals surface area (Å²) in [5.41, 5.74) is 4.06. The van der Waals surface area contributed by atoms with Gasteiger partial charge in [-0.15, -0.1) is 12.8 Å². The van der Waals surface area contributed by atoms with E-state index >= 15 is 0 Å². The van der Waals surface area contributed by atoms with E-state index in [4.69, 9.17) is 12.8 Å². The average Bonchev–Trinajstić information content (AvgIpc) is 3.94. The highest BCUT2D eigenvalue weighted by Gasteiger charge is 2.54. The Hall–Kier alpha value is -10.8. The van der Waals surface area contributed by atoms with Crippen LogP contribution >= 0.6 is 0 Å². The quantitative estimate of drug-likeness (QED) is 0.223. The van der Waals surface area contributed by atoms with Crippen molar-refractivity contribution in [3.63, 3.8) is 0 Å². The molecule has 1 aromatic carbocycles. The van der Waals surface area contributed by atoms with E-state index in [-0.39, 0.29) is 5.54 Å². The molecule has 3 unspecified atom stereocenters. The molecule has 0 bridgehead atoms. The molecule has 0 aromatic heterocycles. The van der Waals surface area contributed by atoms with Gasteiger partial charge in [-0.25, -0.2) is 0 Å². The zero-order valence-corrected chi connectivity index (χ0v) is 42.8. The summed E-state index contributed by atoms with van der Waals surface area (Å²) in [4.78, 5) is 0. The number of fused-ring (bicyclic) bond motifs is 4. The fourth-order valence-corrected chi connectivity index (χ4v) is 15.2. The standard InChI is InChI=1S/C72H41NSi/c1-8-10-12-14-16-18-20-22-24-26-28-30-32-34-36-38-40-42-44-51-59-72(60-52-45-43-41-39-37-35-33-31-29-27-25-23-21-19-17-15-13-11-9-2)68-56-50-49-55-65(68)67-61-63-57-58-70(66(63)62-69(67)72)74(6,7)73(71(3,4)5)64-53-47-46-48-54-64/h1-2,49-50,55-56,61-64,66,70H,46-48,53-54,57-58H2,3-7H3. The molecule has 3 atom stereocenters. The summed E-state index contributed by atoms with van der Waals surface area (Å²) >= 11 is 0. The van der Waals surface area contributed by atoms with E-state index in [9.17, 15) is 0 Å². The first-order valence-electron chi connectivity index (χ1n) is 23.4. The van der Waals surface area contributed by atoms with Crippen LogP contribution in [-0.4, -0.2) is 24.4 Å². The van der Waals surface area contributed by atoms with Crippen LogP contribution in [-0.2, 0) is 5.41 Å². The number of hydrogen-bond acceptors (Lipinski definition) is 1. The van der Waals surface area contributed by atoms with Crippen molar-refractivity contribution in [1.82, 2.24) is 4.57 Å². The molecule has 0 saturated heterocycles. The molecule has 2 saturated carbocycles.